The molecule has 1 saturated heterocycles. The molecule has 0 aromatic rings. The molecule has 0 radical (unpaired) electrons. The molecule has 1 fully saturated rings. The summed E-state index contributed by atoms with van der Waals surface area (Å²) in [5.41, 5.74) is 0. The van der Waals surface area contributed by atoms with Crippen LogP contribution in [-0.4, -0.2) is 49.8 Å². The Morgan fingerprint density at radius 2 is 2.06 bits per heavy atom. The summed E-state index contributed by atoms with van der Waals surface area (Å²) in [7, 11) is 1.78. The van der Waals surface area contributed by atoms with Gasteiger partial charge in [0.1, 0.15) is 6.04 Å². The molecule has 1 rings (SSSR count). The molecule has 0 saturated carbocycles. The van der Waals surface area contributed by atoms with Crippen molar-refractivity contribution in [2.24, 2.45) is 0 Å². The van der Waals surface area contributed by atoms with Crippen molar-refractivity contribution in [1.29, 1.82) is 5.26 Å². The Morgan fingerprint density at radius 3 is 2.50 bits per heavy atom. The van der Waals surface area contributed by atoms with Gasteiger partial charge in [0.15, 0.2) is 0 Å². The zero-order valence-corrected chi connectivity index (χ0v) is 10.6. The predicted molar refractivity (Wildman–Crippen MR) is 64.1 cm³/mol. The van der Waals surface area contributed by atoms with Crippen molar-refractivity contribution < 1.29 is 4.74 Å². The molecule has 1 aliphatic rings. The Balaban J connectivity index is 2.29. The summed E-state index contributed by atoms with van der Waals surface area (Å²) >= 11 is 0. The highest BCUT2D eigenvalue weighted by atomic mass is 16.5. The van der Waals surface area contributed by atoms with E-state index in [-0.39, 0.29) is 6.04 Å². The number of piperidine rings is 1. The highest BCUT2D eigenvalue weighted by Crippen LogP contribution is 2.12. The van der Waals surface area contributed by atoms with E-state index in [1.54, 1.807) is 7.11 Å². The molecule has 4 nitrogen and oxygen atoms in total. The van der Waals surface area contributed by atoms with Crippen molar-refractivity contribution in [2.45, 2.75) is 44.9 Å². The smallest absolute Gasteiger partial charge is 0.108 e. The van der Waals surface area contributed by atoms with Crippen LogP contribution in [0.25, 0.3) is 0 Å². The first-order valence-corrected chi connectivity index (χ1v) is 6.06. The quantitative estimate of drug-likeness (QED) is 0.758. The fourth-order valence-corrected chi connectivity index (χ4v) is 2.12. The molecule has 0 aromatic carbocycles. The standard InChI is InChI=1S/C12H23N3O/c1-10(2)14-11(8-13)9-15-6-4-12(16-3)5-7-15/h10-12,14H,4-7,9H2,1-3H3. The summed E-state index contributed by atoms with van der Waals surface area (Å²) < 4.78 is 5.33. The molecular formula is C12H23N3O. The molecule has 0 bridgehead atoms. The number of likely N-dealkylation sites (tertiary alicyclic amines) is 1. The van der Waals surface area contributed by atoms with E-state index in [4.69, 9.17) is 10.00 Å². The van der Waals surface area contributed by atoms with E-state index < -0.39 is 0 Å². The Labute approximate surface area is 98.6 Å². The maximum absolute atomic E-state index is 9.04. The van der Waals surface area contributed by atoms with Gasteiger partial charge in [-0.3, -0.25) is 5.32 Å². The lowest BCUT2D eigenvalue weighted by Gasteiger charge is -2.32. The Hall–Kier alpha value is -0.630. The highest BCUT2D eigenvalue weighted by molar-refractivity contribution is 4.93. The molecule has 0 spiro atoms. The van der Waals surface area contributed by atoms with Gasteiger partial charge in [0, 0.05) is 32.8 Å². The molecule has 1 heterocycles. The molecule has 1 N–H and O–H groups in total. The minimum absolute atomic E-state index is 0.0564. The van der Waals surface area contributed by atoms with Crippen LogP contribution in [0.1, 0.15) is 26.7 Å². The summed E-state index contributed by atoms with van der Waals surface area (Å²) in [5, 5.41) is 12.3. The van der Waals surface area contributed by atoms with Gasteiger partial charge >= 0.3 is 0 Å². The van der Waals surface area contributed by atoms with Gasteiger partial charge in [-0.15, -0.1) is 0 Å². The second-order valence-corrected chi connectivity index (χ2v) is 4.74. The Morgan fingerprint density at radius 1 is 1.44 bits per heavy atom. The first-order chi connectivity index (χ1) is 7.65. The molecule has 0 aliphatic carbocycles. The van der Waals surface area contributed by atoms with Gasteiger partial charge in [0.25, 0.3) is 0 Å². The summed E-state index contributed by atoms with van der Waals surface area (Å²) in [5.74, 6) is 0. The van der Waals surface area contributed by atoms with Crippen LogP contribution in [0.4, 0.5) is 0 Å². The first kappa shape index (κ1) is 13.4. The van der Waals surface area contributed by atoms with E-state index in [1.165, 1.54) is 0 Å². The number of nitriles is 1. The van der Waals surface area contributed by atoms with Gasteiger partial charge in [0.2, 0.25) is 0 Å². The Bertz CT molecular complexity index is 229. The average Bonchev–Trinajstić information content (AvgIpc) is 2.28. The molecule has 0 amide bonds. The molecule has 1 atom stereocenters. The number of nitrogens with one attached hydrogen (secondary N) is 1. The summed E-state index contributed by atoms with van der Waals surface area (Å²) in [6, 6.07) is 2.63. The minimum atomic E-state index is -0.0564. The van der Waals surface area contributed by atoms with Gasteiger partial charge in [-0.25, -0.2) is 0 Å². The second-order valence-electron chi connectivity index (χ2n) is 4.74. The summed E-state index contributed by atoms with van der Waals surface area (Å²) in [6.45, 7) is 7.04. The third-order valence-electron chi connectivity index (χ3n) is 3.00. The topological polar surface area (TPSA) is 48.3 Å². The van der Waals surface area contributed by atoms with E-state index in [9.17, 15) is 0 Å². The number of nitrogens with zero attached hydrogens (tertiary/aromatic N) is 2. The zero-order chi connectivity index (χ0) is 12.0. The number of ether oxygens (including phenoxy) is 1. The number of hydrogen-bond donors (Lipinski definition) is 1. The predicted octanol–water partition coefficient (Wildman–Crippen LogP) is 0.987. The third kappa shape index (κ3) is 4.48. The molecule has 1 unspecified atom stereocenters. The third-order valence-corrected chi connectivity index (χ3v) is 3.00. The SMILES string of the molecule is COC1CCN(CC(C#N)NC(C)C)CC1. The van der Waals surface area contributed by atoms with Crippen molar-refractivity contribution in [2.75, 3.05) is 26.7 Å². The second kappa shape index (κ2) is 6.85. The van der Waals surface area contributed by atoms with Crippen LogP contribution in [0.15, 0.2) is 0 Å². The van der Waals surface area contributed by atoms with Crippen LogP contribution in [0.3, 0.4) is 0 Å². The summed E-state index contributed by atoms with van der Waals surface area (Å²) in [6.07, 6.45) is 2.57. The summed E-state index contributed by atoms with van der Waals surface area (Å²) in [4.78, 5) is 2.35. The maximum atomic E-state index is 9.04. The molecule has 4 heteroatoms. The van der Waals surface area contributed by atoms with Crippen LogP contribution >= 0.6 is 0 Å². The molecule has 92 valence electrons. The van der Waals surface area contributed by atoms with Crippen molar-refractivity contribution >= 4 is 0 Å². The fourth-order valence-electron chi connectivity index (χ4n) is 2.12. The zero-order valence-electron chi connectivity index (χ0n) is 10.6. The van der Waals surface area contributed by atoms with Gasteiger partial charge in [-0.2, -0.15) is 5.26 Å². The maximum Gasteiger partial charge on any atom is 0.108 e. The van der Waals surface area contributed by atoms with Crippen LogP contribution in [0, 0.1) is 11.3 Å². The van der Waals surface area contributed by atoms with E-state index in [1.807, 2.05) is 0 Å². The van der Waals surface area contributed by atoms with Crippen molar-refractivity contribution in [1.82, 2.24) is 10.2 Å². The minimum Gasteiger partial charge on any atom is -0.381 e. The van der Waals surface area contributed by atoms with Crippen LogP contribution in [0.2, 0.25) is 0 Å². The number of methoxy groups -OCH3 is 1. The number of hydrogen-bond acceptors (Lipinski definition) is 4. The lowest BCUT2D eigenvalue weighted by atomic mass is 10.1. The normalized spacial score (nSPS) is 20.9. The van der Waals surface area contributed by atoms with Crippen LogP contribution in [-0.2, 0) is 4.74 Å². The van der Waals surface area contributed by atoms with E-state index in [2.05, 4.69) is 30.1 Å². The van der Waals surface area contributed by atoms with Crippen molar-refractivity contribution in [3.8, 4) is 6.07 Å². The van der Waals surface area contributed by atoms with Crippen molar-refractivity contribution in [3.63, 3.8) is 0 Å². The average molecular weight is 225 g/mol. The largest absolute Gasteiger partial charge is 0.381 e. The fraction of sp³-hybridized carbons (Fsp3) is 0.917. The molecule has 1 aliphatic heterocycles. The van der Waals surface area contributed by atoms with E-state index in [0.29, 0.717) is 12.1 Å². The number of rotatable bonds is 5. The van der Waals surface area contributed by atoms with Crippen LogP contribution in [0.5, 0.6) is 0 Å². The lowest BCUT2D eigenvalue weighted by Crippen LogP contribution is -2.46. The Kier molecular flexibility index (Phi) is 5.75. The van der Waals surface area contributed by atoms with Gasteiger partial charge in [0.05, 0.1) is 12.2 Å². The van der Waals surface area contributed by atoms with Gasteiger partial charge < -0.3 is 9.64 Å². The van der Waals surface area contributed by atoms with E-state index >= 15 is 0 Å². The molecule has 16 heavy (non-hydrogen) atoms. The first-order valence-electron chi connectivity index (χ1n) is 6.06. The van der Waals surface area contributed by atoms with Gasteiger partial charge in [-0.05, 0) is 26.7 Å². The molecule has 0 aromatic heterocycles. The lowest BCUT2D eigenvalue weighted by molar-refractivity contribution is 0.0397. The van der Waals surface area contributed by atoms with Gasteiger partial charge in [-0.1, -0.05) is 0 Å². The van der Waals surface area contributed by atoms with Crippen molar-refractivity contribution in [3.05, 3.63) is 0 Å². The highest BCUT2D eigenvalue weighted by Gasteiger charge is 2.21. The molecular weight excluding hydrogens is 202 g/mol. The van der Waals surface area contributed by atoms with E-state index in [0.717, 1.165) is 32.5 Å². The van der Waals surface area contributed by atoms with Crippen LogP contribution < -0.4 is 5.32 Å². The monoisotopic (exact) mass is 225 g/mol.